The molecule has 0 heteroatoms. The molecule has 1 aliphatic rings. The Bertz CT molecular complexity index is 335. The van der Waals surface area contributed by atoms with Crippen LogP contribution in [0.15, 0.2) is 48.1 Å². The van der Waals surface area contributed by atoms with E-state index in [2.05, 4.69) is 40.0 Å². The molecule has 0 aromatic rings. The summed E-state index contributed by atoms with van der Waals surface area (Å²) in [4.78, 5) is 0. The van der Waals surface area contributed by atoms with Gasteiger partial charge in [-0.05, 0) is 49.2 Å². The van der Waals surface area contributed by atoms with Crippen LogP contribution in [0.2, 0.25) is 0 Å². The van der Waals surface area contributed by atoms with E-state index in [1.165, 1.54) is 30.4 Å². The maximum Gasteiger partial charge on any atom is -0.0200 e. The molecule has 1 fully saturated rings. The number of hydrogen-bond acceptors (Lipinski definition) is 0. The van der Waals surface area contributed by atoms with E-state index in [0.717, 1.165) is 12.3 Å². The number of hydrogen-bond donors (Lipinski definition) is 0. The molecule has 0 unspecified atom stereocenters. The number of allylic oxidation sites excluding steroid dienone is 6. The molecule has 0 aromatic heterocycles. The second kappa shape index (κ2) is 6.64. The van der Waals surface area contributed by atoms with Gasteiger partial charge in [0, 0.05) is 0 Å². The Morgan fingerprint density at radius 3 is 2.29 bits per heavy atom. The fourth-order valence-electron chi connectivity index (χ4n) is 2.42. The molecular formula is C17H26. The zero-order chi connectivity index (χ0) is 12.8. The lowest BCUT2D eigenvalue weighted by Gasteiger charge is -2.29. The molecule has 0 aliphatic heterocycles. The monoisotopic (exact) mass is 230 g/mol. The minimum absolute atomic E-state index is 0.688. The molecule has 94 valence electrons. The lowest BCUT2D eigenvalue weighted by molar-refractivity contribution is 0.364. The quantitative estimate of drug-likeness (QED) is 0.532. The van der Waals surface area contributed by atoms with Crippen molar-refractivity contribution in [1.82, 2.24) is 0 Å². The molecule has 0 aromatic carbocycles. The van der Waals surface area contributed by atoms with Gasteiger partial charge in [-0.2, -0.15) is 0 Å². The van der Waals surface area contributed by atoms with Gasteiger partial charge in [0.2, 0.25) is 0 Å². The minimum atomic E-state index is 0.688. The molecule has 0 bridgehead atoms. The van der Waals surface area contributed by atoms with Gasteiger partial charge in [-0.25, -0.2) is 0 Å². The molecule has 0 amide bonds. The highest BCUT2D eigenvalue weighted by atomic mass is 14.3. The van der Waals surface area contributed by atoms with Gasteiger partial charge >= 0.3 is 0 Å². The van der Waals surface area contributed by atoms with E-state index in [4.69, 9.17) is 0 Å². The average Bonchev–Trinajstić information content (AvgIpc) is 2.20. The van der Waals surface area contributed by atoms with Crippen molar-refractivity contribution in [1.29, 1.82) is 0 Å². The van der Waals surface area contributed by atoms with Gasteiger partial charge in [-0.15, -0.1) is 0 Å². The molecular weight excluding hydrogens is 204 g/mol. The van der Waals surface area contributed by atoms with Crippen LogP contribution in [0.1, 0.15) is 46.5 Å². The summed E-state index contributed by atoms with van der Waals surface area (Å²) in [5, 5.41) is 0. The smallest absolute Gasteiger partial charge is 0.0200 e. The molecule has 0 saturated heterocycles. The summed E-state index contributed by atoms with van der Waals surface area (Å²) in [6.45, 7) is 14.6. The molecule has 0 atom stereocenters. The standard InChI is InChI=1S/C17H26/c1-6-9-15(7-2)17(12-13(3)4)14(5)16-10-8-11-16/h6-7,9,13,16H,1-2,8,10-12H2,3-5H3/b15-9-,17-14+. The summed E-state index contributed by atoms with van der Waals surface area (Å²) >= 11 is 0. The maximum absolute atomic E-state index is 3.94. The molecule has 0 nitrogen and oxygen atoms in total. The van der Waals surface area contributed by atoms with Gasteiger partial charge in [0.05, 0.1) is 0 Å². The summed E-state index contributed by atoms with van der Waals surface area (Å²) in [6.07, 6.45) is 11.2. The topological polar surface area (TPSA) is 0 Å². The van der Waals surface area contributed by atoms with Crippen LogP contribution in [0.25, 0.3) is 0 Å². The van der Waals surface area contributed by atoms with Crippen molar-refractivity contribution in [3.8, 4) is 0 Å². The summed E-state index contributed by atoms with van der Waals surface area (Å²) in [6, 6.07) is 0. The van der Waals surface area contributed by atoms with Crippen molar-refractivity contribution < 1.29 is 0 Å². The Morgan fingerprint density at radius 1 is 1.29 bits per heavy atom. The molecule has 0 heterocycles. The fourth-order valence-corrected chi connectivity index (χ4v) is 2.42. The maximum atomic E-state index is 3.94. The van der Waals surface area contributed by atoms with Crippen LogP contribution < -0.4 is 0 Å². The number of rotatable bonds is 6. The van der Waals surface area contributed by atoms with Crippen LogP contribution in [-0.4, -0.2) is 0 Å². The first kappa shape index (κ1) is 14.0. The zero-order valence-electron chi connectivity index (χ0n) is 11.6. The van der Waals surface area contributed by atoms with E-state index in [9.17, 15) is 0 Å². The van der Waals surface area contributed by atoms with Gasteiger partial charge in [0.1, 0.15) is 0 Å². The van der Waals surface area contributed by atoms with Gasteiger partial charge in [0.25, 0.3) is 0 Å². The highest BCUT2D eigenvalue weighted by Crippen LogP contribution is 2.37. The van der Waals surface area contributed by atoms with Gasteiger partial charge in [0.15, 0.2) is 0 Å². The predicted octanol–water partition coefficient (Wildman–Crippen LogP) is 5.45. The van der Waals surface area contributed by atoms with Gasteiger partial charge < -0.3 is 0 Å². The van der Waals surface area contributed by atoms with E-state index in [1.54, 1.807) is 5.57 Å². The lowest BCUT2D eigenvalue weighted by Crippen LogP contribution is -2.15. The third-order valence-corrected chi connectivity index (χ3v) is 3.67. The van der Waals surface area contributed by atoms with Crippen molar-refractivity contribution >= 4 is 0 Å². The van der Waals surface area contributed by atoms with Crippen molar-refractivity contribution in [2.45, 2.75) is 46.5 Å². The fraction of sp³-hybridized carbons (Fsp3) is 0.529. The molecule has 1 rings (SSSR count). The lowest BCUT2D eigenvalue weighted by atomic mass is 9.76. The van der Waals surface area contributed by atoms with Crippen LogP contribution in [0.4, 0.5) is 0 Å². The molecule has 1 aliphatic carbocycles. The Morgan fingerprint density at radius 2 is 1.94 bits per heavy atom. The third-order valence-electron chi connectivity index (χ3n) is 3.67. The highest BCUT2D eigenvalue weighted by molar-refractivity contribution is 5.44. The van der Waals surface area contributed by atoms with E-state index < -0.39 is 0 Å². The second-order valence-electron chi connectivity index (χ2n) is 5.45. The van der Waals surface area contributed by atoms with Crippen LogP contribution in [0, 0.1) is 11.8 Å². The Labute approximate surface area is 107 Å². The summed E-state index contributed by atoms with van der Waals surface area (Å²) in [7, 11) is 0. The highest BCUT2D eigenvalue weighted by Gasteiger charge is 2.22. The molecule has 0 radical (unpaired) electrons. The molecule has 1 saturated carbocycles. The van der Waals surface area contributed by atoms with Crippen molar-refractivity contribution in [2.24, 2.45) is 11.8 Å². The Balaban J connectivity index is 3.03. The normalized spacial score (nSPS) is 18.7. The van der Waals surface area contributed by atoms with E-state index in [1.807, 2.05) is 12.2 Å². The van der Waals surface area contributed by atoms with Crippen LogP contribution in [0.5, 0.6) is 0 Å². The first-order chi connectivity index (χ1) is 8.10. The van der Waals surface area contributed by atoms with Gasteiger partial charge in [-0.1, -0.05) is 57.2 Å². The summed E-state index contributed by atoms with van der Waals surface area (Å²) < 4.78 is 0. The SMILES string of the molecule is C=C/C=C(C=C)\C(CC(C)C)=C(/C)C1CCC1. The van der Waals surface area contributed by atoms with E-state index in [-0.39, 0.29) is 0 Å². The molecule has 0 N–H and O–H groups in total. The largest absolute Gasteiger partial charge is 0.0990 e. The molecule has 0 spiro atoms. The predicted molar refractivity (Wildman–Crippen MR) is 78.0 cm³/mol. The second-order valence-corrected chi connectivity index (χ2v) is 5.45. The Hall–Kier alpha value is -1.04. The molecule has 17 heavy (non-hydrogen) atoms. The Kier molecular flexibility index (Phi) is 5.47. The third kappa shape index (κ3) is 3.73. The van der Waals surface area contributed by atoms with Crippen molar-refractivity contribution in [3.05, 3.63) is 48.1 Å². The van der Waals surface area contributed by atoms with E-state index >= 15 is 0 Å². The van der Waals surface area contributed by atoms with Gasteiger partial charge in [-0.3, -0.25) is 0 Å². The van der Waals surface area contributed by atoms with Crippen molar-refractivity contribution in [2.75, 3.05) is 0 Å². The first-order valence-corrected chi connectivity index (χ1v) is 6.75. The zero-order valence-corrected chi connectivity index (χ0v) is 11.6. The van der Waals surface area contributed by atoms with E-state index in [0.29, 0.717) is 5.92 Å². The van der Waals surface area contributed by atoms with Crippen LogP contribution in [-0.2, 0) is 0 Å². The van der Waals surface area contributed by atoms with Crippen molar-refractivity contribution in [3.63, 3.8) is 0 Å². The average molecular weight is 230 g/mol. The van der Waals surface area contributed by atoms with Crippen LogP contribution in [0.3, 0.4) is 0 Å². The summed E-state index contributed by atoms with van der Waals surface area (Å²) in [5.41, 5.74) is 4.34. The first-order valence-electron chi connectivity index (χ1n) is 6.75. The van der Waals surface area contributed by atoms with Crippen LogP contribution >= 0.6 is 0 Å². The summed E-state index contributed by atoms with van der Waals surface area (Å²) in [5.74, 6) is 1.50. The minimum Gasteiger partial charge on any atom is -0.0990 e.